The summed E-state index contributed by atoms with van der Waals surface area (Å²) in [6, 6.07) is -1.60. The summed E-state index contributed by atoms with van der Waals surface area (Å²) < 4.78 is 18.1. The van der Waals surface area contributed by atoms with Gasteiger partial charge in [0.15, 0.2) is 0 Å². The molecule has 1 saturated heterocycles. The first kappa shape index (κ1) is 29.3. The molecular formula is C26H39N5O7. The number of methoxy groups -OCH3 is 1. The van der Waals surface area contributed by atoms with E-state index in [1.165, 1.54) is 18.1 Å². The van der Waals surface area contributed by atoms with Crippen molar-refractivity contribution < 1.29 is 33.4 Å². The Morgan fingerprint density at radius 2 is 1.89 bits per heavy atom. The van der Waals surface area contributed by atoms with Gasteiger partial charge in [0.1, 0.15) is 23.4 Å². The molecule has 0 aromatic carbocycles. The van der Waals surface area contributed by atoms with Crippen LogP contribution in [0.25, 0.3) is 6.08 Å². The number of carbonyl (C=O) groups excluding carboxylic acids is 4. The van der Waals surface area contributed by atoms with Crippen LogP contribution in [0.5, 0.6) is 0 Å². The highest BCUT2D eigenvalue weighted by Gasteiger charge is 2.42. The molecule has 2 aliphatic heterocycles. The summed E-state index contributed by atoms with van der Waals surface area (Å²) in [6.07, 6.45) is 6.27. The van der Waals surface area contributed by atoms with Gasteiger partial charge in [-0.2, -0.15) is 0 Å². The molecule has 0 radical (unpaired) electrons. The van der Waals surface area contributed by atoms with Gasteiger partial charge in [-0.1, -0.05) is 18.1 Å². The van der Waals surface area contributed by atoms with Crippen molar-refractivity contribution in [2.45, 2.75) is 103 Å². The first-order valence-electron chi connectivity index (χ1n) is 13.1. The highest BCUT2D eigenvalue weighted by atomic mass is 16.6. The molecule has 12 heteroatoms. The standard InChI is InChI=1S/C26H39N5O7/c1-17-24(34)30-15-18(14-21(30)25(35)36-5)37-16-19-20(11-12-23(33)38-26(2,3)4)31(29-28-19)13-9-7-6-8-10-22(32)27-17/h11-12,17-18,21H,6-10,13-16H2,1-5H3,(H,27,32)/b12-11+/t17-,18+,21-/m0/s1. The lowest BCUT2D eigenvalue weighted by Crippen LogP contribution is -2.50. The molecule has 1 aromatic heterocycles. The molecule has 12 nitrogen and oxygen atoms in total. The van der Waals surface area contributed by atoms with E-state index in [0.29, 0.717) is 30.8 Å². The Hall–Kier alpha value is -3.28. The Balaban J connectivity index is 1.84. The second kappa shape index (κ2) is 13.0. The lowest BCUT2D eigenvalue weighted by atomic mass is 10.1. The Morgan fingerprint density at radius 1 is 1.16 bits per heavy atom. The number of amides is 2. The topological polar surface area (TPSA) is 142 Å². The number of aromatic nitrogens is 3. The van der Waals surface area contributed by atoms with E-state index in [1.807, 2.05) is 0 Å². The minimum atomic E-state index is -0.818. The third-order valence-corrected chi connectivity index (χ3v) is 6.38. The highest BCUT2D eigenvalue weighted by molar-refractivity contribution is 5.91. The molecule has 0 aliphatic carbocycles. The lowest BCUT2D eigenvalue weighted by molar-refractivity contribution is -0.151. The number of nitrogens with one attached hydrogen (secondary N) is 1. The average Bonchev–Trinajstić information content (AvgIpc) is 3.44. The largest absolute Gasteiger partial charge is 0.467 e. The SMILES string of the molecule is COC(=O)[C@@H]1C[C@@H]2CN1C(=O)[C@H](C)NC(=O)CCCCCCn1nnc(c1/C=C/C(=O)OC(C)(C)C)CO2. The van der Waals surface area contributed by atoms with E-state index in [9.17, 15) is 19.2 Å². The van der Waals surface area contributed by atoms with E-state index in [0.717, 1.165) is 19.3 Å². The van der Waals surface area contributed by atoms with Crippen molar-refractivity contribution in [3.8, 4) is 0 Å². The van der Waals surface area contributed by atoms with Crippen LogP contribution in [-0.4, -0.2) is 81.1 Å². The molecule has 4 bridgehead atoms. The van der Waals surface area contributed by atoms with E-state index < -0.39 is 35.7 Å². The van der Waals surface area contributed by atoms with E-state index in [-0.39, 0.29) is 31.4 Å². The number of esters is 2. The summed E-state index contributed by atoms with van der Waals surface area (Å²) in [6.45, 7) is 7.82. The second-order valence-electron chi connectivity index (χ2n) is 10.7. The average molecular weight is 534 g/mol. The van der Waals surface area contributed by atoms with E-state index in [1.54, 1.807) is 38.5 Å². The molecule has 1 N–H and O–H groups in total. The summed E-state index contributed by atoms with van der Waals surface area (Å²) >= 11 is 0. The number of fused-ring (bicyclic) bond motifs is 4. The molecule has 1 fully saturated rings. The fourth-order valence-corrected chi connectivity index (χ4v) is 4.53. The maximum absolute atomic E-state index is 13.1. The van der Waals surface area contributed by atoms with E-state index in [2.05, 4.69) is 15.6 Å². The van der Waals surface area contributed by atoms with Gasteiger partial charge in [0, 0.05) is 32.0 Å². The van der Waals surface area contributed by atoms with Crippen LogP contribution in [0.15, 0.2) is 6.08 Å². The van der Waals surface area contributed by atoms with Crippen LogP contribution >= 0.6 is 0 Å². The van der Waals surface area contributed by atoms with Crippen LogP contribution in [0.2, 0.25) is 0 Å². The summed E-state index contributed by atoms with van der Waals surface area (Å²) in [5, 5.41) is 11.3. The van der Waals surface area contributed by atoms with Crippen molar-refractivity contribution in [3.05, 3.63) is 17.5 Å². The zero-order valence-electron chi connectivity index (χ0n) is 22.9. The van der Waals surface area contributed by atoms with Crippen molar-refractivity contribution in [2.75, 3.05) is 13.7 Å². The maximum Gasteiger partial charge on any atom is 0.331 e. The molecule has 2 aliphatic rings. The van der Waals surface area contributed by atoms with Gasteiger partial charge in [0.25, 0.3) is 0 Å². The van der Waals surface area contributed by atoms with Crippen molar-refractivity contribution in [2.24, 2.45) is 0 Å². The van der Waals surface area contributed by atoms with Crippen LogP contribution < -0.4 is 5.32 Å². The van der Waals surface area contributed by atoms with Gasteiger partial charge in [-0.25, -0.2) is 14.3 Å². The predicted octanol–water partition coefficient (Wildman–Crippen LogP) is 1.76. The normalized spacial score (nSPS) is 24.0. The molecule has 3 atom stereocenters. The summed E-state index contributed by atoms with van der Waals surface area (Å²) in [4.78, 5) is 51.7. The Morgan fingerprint density at radius 3 is 2.61 bits per heavy atom. The van der Waals surface area contributed by atoms with Crippen LogP contribution in [-0.2, 0) is 46.5 Å². The molecule has 0 unspecified atom stereocenters. The van der Waals surface area contributed by atoms with Crippen molar-refractivity contribution in [1.29, 1.82) is 0 Å². The molecule has 3 rings (SSSR count). The number of carbonyl (C=O) groups is 4. The smallest absolute Gasteiger partial charge is 0.331 e. The van der Waals surface area contributed by atoms with Gasteiger partial charge in [0.05, 0.1) is 25.5 Å². The van der Waals surface area contributed by atoms with Crippen molar-refractivity contribution in [3.63, 3.8) is 0 Å². The predicted molar refractivity (Wildman–Crippen MR) is 136 cm³/mol. The number of hydrogen-bond acceptors (Lipinski definition) is 9. The Labute approximate surface area is 223 Å². The lowest BCUT2D eigenvalue weighted by Gasteiger charge is -2.26. The molecule has 1 aromatic rings. The van der Waals surface area contributed by atoms with E-state index >= 15 is 0 Å². The number of aryl methyl sites for hydroxylation is 1. The van der Waals surface area contributed by atoms with Gasteiger partial charge < -0.3 is 24.4 Å². The fraction of sp³-hybridized carbons (Fsp3) is 0.692. The molecule has 210 valence electrons. The second-order valence-corrected chi connectivity index (χ2v) is 10.7. The minimum Gasteiger partial charge on any atom is -0.467 e. The minimum absolute atomic E-state index is 0.0703. The van der Waals surface area contributed by atoms with Gasteiger partial charge in [-0.05, 0) is 46.6 Å². The first-order chi connectivity index (χ1) is 18.0. The zero-order valence-corrected chi connectivity index (χ0v) is 22.9. The van der Waals surface area contributed by atoms with Gasteiger partial charge in [-0.3, -0.25) is 9.59 Å². The third-order valence-electron chi connectivity index (χ3n) is 6.38. The summed E-state index contributed by atoms with van der Waals surface area (Å²) in [7, 11) is 1.27. The Kier molecular flexibility index (Phi) is 10.0. The summed E-state index contributed by atoms with van der Waals surface area (Å²) in [5.41, 5.74) is 0.538. The quantitative estimate of drug-likeness (QED) is 0.454. The summed E-state index contributed by atoms with van der Waals surface area (Å²) in [5.74, 6) is -1.59. The van der Waals surface area contributed by atoms with E-state index in [4.69, 9.17) is 14.2 Å². The van der Waals surface area contributed by atoms with Crippen LogP contribution in [0, 0.1) is 0 Å². The molecule has 0 saturated carbocycles. The molecular weight excluding hydrogens is 494 g/mol. The highest BCUT2D eigenvalue weighted by Crippen LogP contribution is 2.24. The van der Waals surface area contributed by atoms with Gasteiger partial charge in [-0.15, -0.1) is 5.10 Å². The monoisotopic (exact) mass is 533 g/mol. The molecule has 38 heavy (non-hydrogen) atoms. The third kappa shape index (κ3) is 8.11. The van der Waals surface area contributed by atoms with Gasteiger partial charge >= 0.3 is 11.9 Å². The van der Waals surface area contributed by atoms with Crippen LogP contribution in [0.4, 0.5) is 0 Å². The number of ether oxygens (including phenoxy) is 3. The zero-order chi connectivity index (χ0) is 27.9. The fourth-order valence-electron chi connectivity index (χ4n) is 4.53. The molecule has 2 amide bonds. The first-order valence-corrected chi connectivity index (χ1v) is 13.1. The molecule has 0 spiro atoms. The van der Waals surface area contributed by atoms with Crippen LogP contribution in [0.3, 0.4) is 0 Å². The number of rotatable bonds is 3. The molecule has 3 heterocycles. The van der Waals surface area contributed by atoms with Crippen molar-refractivity contribution >= 4 is 29.8 Å². The number of nitrogens with zero attached hydrogens (tertiary/aromatic N) is 4. The number of hydrogen-bond donors (Lipinski definition) is 1. The van der Waals surface area contributed by atoms with Gasteiger partial charge in [0.2, 0.25) is 11.8 Å². The van der Waals surface area contributed by atoms with Crippen LogP contribution in [0.1, 0.15) is 77.6 Å². The van der Waals surface area contributed by atoms with Crippen molar-refractivity contribution in [1.82, 2.24) is 25.2 Å². The maximum atomic E-state index is 13.1. The Bertz CT molecular complexity index is 1050.